The lowest BCUT2D eigenvalue weighted by molar-refractivity contribution is 0.544. The van der Waals surface area contributed by atoms with E-state index in [0.717, 1.165) is 12.8 Å². The van der Waals surface area contributed by atoms with Crippen molar-refractivity contribution in [1.82, 2.24) is 0 Å². The first-order chi connectivity index (χ1) is 5.83. The monoisotopic (exact) mass is 264 g/mol. The van der Waals surface area contributed by atoms with Gasteiger partial charge in [-0.15, -0.1) is 11.6 Å². The molecule has 1 saturated carbocycles. The summed E-state index contributed by atoms with van der Waals surface area (Å²) in [6.45, 7) is 9.07. The zero-order valence-corrected chi connectivity index (χ0v) is 11.2. The Morgan fingerprint density at radius 2 is 1.62 bits per heavy atom. The van der Waals surface area contributed by atoms with E-state index in [-0.39, 0.29) is 3.78 Å². The Kier molecular flexibility index (Phi) is 3.51. The second-order valence-electron chi connectivity index (χ2n) is 4.58. The standard InChI is InChI=1S/C11H18BrCl/c1-7(2)10(8(3)4)9-5-11(12,13)6-9/h7-8H,5-6H2,1-4H3. The van der Waals surface area contributed by atoms with Gasteiger partial charge in [0, 0.05) is 0 Å². The van der Waals surface area contributed by atoms with Gasteiger partial charge in [0.25, 0.3) is 0 Å². The maximum atomic E-state index is 6.14. The molecular weight excluding hydrogens is 247 g/mol. The Hall–Kier alpha value is 0.510. The average Bonchev–Trinajstić information content (AvgIpc) is 1.80. The first-order valence-electron chi connectivity index (χ1n) is 4.93. The van der Waals surface area contributed by atoms with Crippen LogP contribution in [0.5, 0.6) is 0 Å². The SMILES string of the molecule is CC(C)C(=C1CC(Cl)(Br)C1)C(C)C. The number of hydrogen-bond donors (Lipinski definition) is 0. The molecule has 0 saturated heterocycles. The Balaban J connectivity index is 2.78. The van der Waals surface area contributed by atoms with Crippen LogP contribution >= 0.6 is 27.5 Å². The molecule has 0 spiro atoms. The van der Waals surface area contributed by atoms with Crippen molar-refractivity contribution in [3.05, 3.63) is 11.1 Å². The molecule has 0 aliphatic heterocycles. The summed E-state index contributed by atoms with van der Waals surface area (Å²) in [6.07, 6.45) is 2.03. The van der Waals surface area contributed by atoms with Crippen molar-refractivity contribution >= 4 is 27.5 Å². The molecule has 1 fully saturated rings. The first-order valence-corrected chi connectivity index (χ1v) is 6.10. The van der Waals surface area contributed by atoms with Crippen LogP contribution in [0.25, 0.3) is 0 Å². The number of allylic oxidation sites excluding steroid dienone is 2. The van der Waals surface area contributed by atoms with Gasteiger partial charge in [0.2, 0.25) is 0 Å². The third-order valence-corrected chi connectivity index (χ3v) is 3.42. The summed E-state index contributed by atoms with van der Waals surface area (Å²) in [4.78, 5) is 0. The van der Waals surface area contributed by atoms with Gasteiger partial charge in [-0.3, -0.25) is 0 Å². The summed E-state index contributed by atoms with van der Waals surface area (Å²) in [5.74, 6) is 1.32. The molecule has 0 atom stereocenters. The van der Waals surface area contributed by atoms with E-state index in [2.05, 4.69) is 43.6 Å². The molecule has 13 heavy (non-hydrogen) atoms. The van der Waals surface area contributed by atoms with Crippen LogP contribution < -0.4 is 0 Å². The van der Waals surface area contributed by atoms with Gasteiger partial charge >= 0.3 is 0 Å². The molecule has 0 aromatic carbocycles. The molecule has 0 N–H and O–H groups in total. The fourth-order valence-corrected chi connectivity index (χ4v) is 3.26. The normalized spacial score (nSPS) is 28.2. The van der Waals surface area contributed by atoms with Crippen molar-refractivity contribution in [2.45, 2.75) is 44.3 Å². The van der Waals surface area contributed by atoms with Gasteiger partial charge < -0.3 is 0 Å². The molecule has 1 rings (SSSR count). The molecule has 0 amide bonds. The van der Waals surface area contributed by atoms with Crippen LogP contribution in [-0.4, -0.2) is 3.78 Å². The Morgan fingerprint density at radius 1 is 1.23 bits per heavy atom. The first kappa shape index (κ1) is 11.6. The molecule has 1 aliphatic carbocycles. The molecule has 0 aromatic rings. The van der Waals surface area contributed by atoms with E-state index >= 15 is 0 Å². The second kappa shape index (κ2) is 3.94. The topological polar surface area (TPSA) is 0 Å². The van der Waals surface area contributed by atoms with E-state index in [0.29, 0.717) is 11.8 Å². The smallest absolute Gasteiger partial charge is 0.106 e. The molecular formula is C11H18BrCl. The molecule has 0 nitrogen and oxygen atoms in total. The minimum Gasteiger partial charge on any atom is -0.106 e. The van der Waals surface area contributed by atoms with E-state index in [1.54, 1.807) is 11.1 Å². The van der Waals surface area contributed by atoms with Crippen LogP contribution in [0.1, 0.15) is 40.5 Å². The Bertz CT molecular complexity index is 206. The Morgan fingerprint density at radius 3 is 1.85 bits per heavy atom. The number of alkyl halides is 2. The summed E-state index contributed by atoms with van der Waals surface area (Å²) >= 11 is 9.64. The van der Waals surface area contributed by atoms with Gasteiger partial charge in [0.05, 0.1) is 0 Å². The maximum absolute atomic E-state index is 6.14. The van der Waals surface area contributed by atoms with Crippen LogP contribution in [0.2, 0.25) is 0 Å². The van der Waals surface area contributed by atoms with E-state index in [9.17, 15) is 0 Å². The van der Waals surface area contributed by atoms with Gasteiger partial charge in [-0.1, -0.05) is 54.8 Å². The van der Waals surface area contributed by atoms with Gasteiger partial charge in [-0.05, 0) is 24.7 Å². The lowest BCUT2D eigenvalue weighted by atomic mass is 9.79. The van der Waals surface area contributed by atoms with E-state index in [1.807, 2.05) is 0 Å². The number of hydrogen-bond acceptors (Lipinski definition) is 0. The van der Waals surface area contributed by atoms with Crippen molar-refractivity contribution in [3.8, 4) is 0 Å². The predicted molar refractivity (Wildman–Crippen MR) is 63.4 cm³/mol. The molecule has 76 valence electrons. The summed E-state index contributed by atoms with van der Waals surface area (Å²) in [6, 6.07) is 0. The molecule has 0 unspecified atom stereocenters. The molecule has 0 aromatic heterocycles. The highest BCUT2D eigenvalue weighted by Gasteiger charge is 2.38. The summed E-state index contributed by atoms with van der Waals surface area (Å²) < 4.78 is -0.128. The fourth-order valence-electron chi connectivity index (χ4n) is 2.26. The minimum absolute atomic E-state index is 0.128. The predicted octanol–water partition coefficient (Wildman–Crippen LogP) is 4.72. The summed E-state index contributed by atoms with van der Waals surface area (Å²) in [5.41, 5.74) is 3.17. The largest absolute Gasteiger partial charge is 0.107 e. The molecule has 0 bridgehead atoms. The fraction of sp³-hybridized carbons (Fsp3) is 0.818. The second-order valence-corrected chi connectivity index (χ2v) is 7.28. The molecule has 1 aliphatic rings. The van der Waals surface area contributed by atoms with Gasteiger partial charge in [0.15, 0.2) is 0 Å². The quantitative estimate of drug-likeness (QED) is 0.501. The maximum Gasteiger partial charge on any atom is 0.107 e. The van der Waals surface area contributed by atoms with Gasteiger partial charge in [-0.2, -0.15) is 0 Å². The Labute approximate surface area is 94.9 Å². The van der Waals surface area contributed by atoms with E-state index in [1.165, 1.54) is 0 Å². The highest BCUT2D eigenvalue weighted by Crippen LogP contribution is 2.50. The minimum atomic E-state index is -0.128. The van der Waals surface area contributed by atoms with Crippen LogP contribution in [0.4, 0.5) is 0 Å². The zero-order chi connectivity index (χ0) is 10.2. The van der Waals surface area contributed by atoms with Crippen molar-refractivity contribution in [2.24, 2.45) is 11.8 Å². The van der Waals surface area contributed by atoms with Crippen LogP contribution in [0, 0.1) is 11.8 Å². The molecule has 2 heteroatoms. The van der Waals surface area contributed by atoms with Gasteiger partial charge in [0.1, 0.15) is 3.78 Å². The molecule has 0 radical (unpaired) electrons. The van der Waals surface area contributed by atoms with Crippen molar-refractivity contribution in [1.29, 1.82) is 0 Å². The third kappa shape index (κ3) is 2.73. The van der Waals surface area contributed by atoms with Crippen LogP contribution in [0.15, 0.2) is 11.1 Å². The molecule has 0 heterocycles. The van der Waals surface area contributed by atoms with Gasteiger partial charge in [-0.25, -0.2) is 0 Å². The van der Waals surface area contributed by atoms with Crippen molar-refractivity contribution in [3.63, 3.8) is 0 Å². The lowest BCUT2D eigenvalue weighted by Gasteiger charge is -2.37. The van der Waals surface area contributed by atoms with Crippen LogP contribution in [0.3, 0.4) is 0 Å². The lowest BCUT2D eigenvalue weighted by Crippen LogP contribution is -2.28. The third-order valence-electron chi connectivity index (χ3n) is 2.60. The number of rotatable bonds is 2. The zero-order valence-electron chi connectivity index (χ0n) is 8.82. The summed E-state index contributed by atoms with van der Waals surface area (Å²) in [7, 11) is 0. The highest BCUT2D eigenvalue weighted by molar-refractivity contribution is 9.10. The average molecular weight is 266 g/mol. The highest BCUT2D eigenvalue weighted by atomic mass is 79.9. The number of halogens is 2. The van der Waals surface area contributed by atoms with E-state index in [4.69, 9.17) is 11.6 Å². The van der Waals surface area contributed by atoms with E-state index < -0.39 is 0 Å². The summed E-state index contributed by atoms with van der Waals surface area (Å²) in [5, 5.41) is 0. The van der Waals surface area contributed by atoms with Crippen molar-refractivity contribution in [2.75, 3.05) is 0 Å². The van der Waals surface area contributed by atoms with Crippen molar-refractivity contribution < 1.29 is 0 Å². The van der Waals surface area contributed by atoms with Crippen LogP contribution in [-0.2, 0) is 0 Å².